The van der Waals surface area contributed by atoms with Crippen LogP contribution >= 0.6 is 23.1 Å². The van der Waals surface area contributed by atoms with Crippen LogP contribution in [0.15, 0.2) is 24.3 Å². The molecule has 2 rings (SSSR count). The lowest BCUT2D eigenvalue weighted by Gasteiger charge is -1.99. The number of halogens is 1. The Hall–Kier alpha value is -1.59. The first-order chi connectivity index (χ1) is 7.59. The number of primary amides is 1. The van der Waals surface area contributed by atoms with Gasteiger partial charge in [0.1, 0.15) is 10.6 Å². The van der Waals surface area contributed by atoms with Crippen molar-refractivity contribution in [1.29, 1.82) is 0 Å². The molecule has 0 aliphatic heterocycles. The molecule has 4 N–H and O–H groups in total. The molecule has 4 nitrogen and oxygen atoms in total. The Labute approximate surface area is 101 Å². The molecule has 0 atom stereocenters. The minimum absolute atomic E-state index is 0.282. The number of nitrogen functional groups attached to an aromatic ring is 1. The van der Waals surface area contributed by atoms with Gasteiger partial charge in [-0.15, -0.1) is 0 Å². The van der Waals surface area contributed by atoms with E-state index in [1.54, 1.807) is 24.3 Å². The molecule has 0 fully saturated rings. The van der Waals surface area contributed by atoms with E-state index in [2.05, 4.69) is 4.37 Å². The molecule has 1 aromatic carbocycles. The molecular weight excluding hydrogens is 246 g/mol. The zero-order valence-corrected chi connectivity index (χ0v) is 9.68. The summed E-state index contributed by atoms with van der Waals surface area (Å²) in [7, 11) is 0. The Morgan fingerprint density at radius 3 is 2.44 bits per heavy atom. The summed E-state index contributed by atoms with van der Waals surface area (Å²) in [5.41, 5.74) is 12.6. The van der Waals surface area contributed by atoms with Gasteiger partial charge >= 0.3 is 0 Å². The average Bonchev–Trinajstić information content (AvgIpc) is 2.61. The third-order valence-corrected chi connectivity index (χ3v) is 3.20. The van der Waals surface area contributed by atoms with Crippen LogP contribution in [0, 0.1) is 0 Å². The summed E-state index contributed by atoms with van der Waals surface area (Å²) in [6.07, 6.45) is 0. The van der Waals surface area contributed by atoms with Crippen molar-refractivity contribution in [3.05, 3.63) is 34.2 Å². The monoisotopic (exact) mass is 253 g/mol. The van der Waals surface area contributed by atoms with Crippen LogP contribution in [-0.2, 0) is 0 Å². The second-order valence-corrected chi connectivity index (χ2v) is 4.35. The molecule has 0 saturated carbocycles. The number of hydrogen-bond acceptors (Lipinski definition) is 4. The molecule has 0 radical (unpaired) electrons. The first-order valence-electron chi connectivity index (χ1n) is 4.40. The highest BCUT2D eigenvalue weighted by molar-refractivity contribution is 7.09. The summed E-state index contributed by atoms with van der Waals surface area (Å²) in [4.78, 5) is 11.3. The number of carbonyl (C=O) groups is 1. The highest BCUT2D eigenvalue weighted by atomic mass is 35.5. The number of nitrogens with zero attached hydrogens (tertiary/aromatic N) is 1. The highest BCUT2D eigenvalue weighted by Crippen LogP contribution is 2.30. The number of aromatic nitrogens is 1. The molecule has 6 heteroatoms. The van der Waals surface area contributed by atoms with E-state index in [4.69, 9.17) is 23.1 Å². The lowest BCUT2D eigenvalue weighted by Crippen LogP contribution is -2.10. The molecule has 0 aliphatic carbocycles. The van der Waals surface area contributed by atoms with Gasteiger partial charge in [0.2, 0.25) is 0 Å². The predicted octanol–water partition coefficient (Wildman–Crippen LogP) is 2.14. The molecule has 1 heterocycles. The third kappa shape index (κ3) is 1.87. The van der Waals surface area contributed by atoms with E-state index in [0.717, 1.165) is 17.1 Å². The maximum Gasteiger partial charge on any atom is 0.262 e. The van der Waals surface area contributed by atoms with E-state index in [-0.39, 0.29) is 4.88 Å². The smallest absolute Gasteiger partial charge is 0.262 e. The van der Waals surface area contributed by atoms with Crippen LogP contribution in [0.1, 0.15) is 9.67 Å². The van der Waals surface area contributed by atoms with Gasteiger partial charge in [0.25, 0.3) is 5.91 Å². The fourth-order valence-electron chi connectivity index (χ4n) is 1.29. The largest absolute Gasteiger partial charge is 0.396 e. The molecule has 0 aliphatic rings. The first-order valence-corrected chi connectivity index (χ1v) is 5.55. The van der Waals surface area contributed by atoms with E-state index in [1.807, 2.05) is 0 Å². The maximum absolute atomic E-state index is 11.0. The van der Waals surface area contributed by atoms with E-state index in [9.17, 15) is 4.79 Å². The summed E-state index contributed by atoms with van der Waals surface area (Å²) in [6.45, 7) is 0. The van der Waals surface area contributed by atoms with Crippen molar-refractivity contribution in [3.63, 3.8) is 0 Å². The number of rotatable bonds is 2. The standard InChI is InChI=1S/C10H8ClN3OS/c11-6-3-1-5(2-4-6)8-7(12)9(10(13)15)16-14-8/h1-4H,12H2,(H2,13,15). The van der Waals surface area contributed by atoms with E-state index >= 15 is 0 Å². The molecule has 82 valence electrons. The van der Waals surface area contributed by atoms with Crippen LogP contribution in [0.2, 0.25) is 5.02 Å². The van der Waals surface area contributed by atoms with Gasteiger partial charge in [-0.05, 0) is 23.7 Å². The Balaban J connectivity index is 2.49. The lowest BCUT2D eigenvalue weighted by atomic mass is 10.1. The molecule has 1 aromatic heterocycles. The molecule has 16 heavy (non-hydrogen) atoms. The fraction of sp³-hybridized carbons (Fsp3) is 0. The minimum atomic E-state index is -0.560. The molecule has 2 aromatic rings. The zero-order valence-electron chi connectivity index (χ0n) is 8.11. The number of amides is 1. The van der Waals surface area contributed by atoms with Crippen LogP contribution in [0.25, 0.3) is 11.3 Å². The van der Waals surface area contributed by atoms with Crippen molar-refractivity contribution in [3.8, 4) is 11.3 Å². The maximum atomic E-state index is 11.0. The number of benzene rings is 1. The minimum Gasteiger partial charge on any atom is -0.396 e. The van der Waals surface area contributed by atoms with Crippen LogP contribution < -0.4 is 11.5 Å². The first kappa shape index (κ1) is 10.9. The van der Waals surface area contributed by atoms with Crippen molar-refractivity contribution < 1.29 is 4.79 Å². The second kappa shape index (κ2) is 4.11. The molecule has 1 amide bonds. The summed E-state index contributed by atoms with van der Waals surface area (Å²) in [6, 6.07) is 7.05. The number of hydrogen-bond donors (Lipinski definition) is 2. The topological polar surface area (TPSA) is 82.0 Å². The van der Waals surface area contributed by atoms with Crippen LogP contribution in [-0.4, -0.2) is 10.3 Å². The normalized spacial score (nSPS) is 10.3. The van der Waals surface area contributed by atoms with Gasteiger partial charge in [0, 0.05) is 10.6 Å². The molecule has 0 unspecified atom stereocenters. The van der Waals surface area contributed by atoms with Gasteiger partial charge in [-0.2, -0.15) is 4.37 Å². The van der Waals surface area contributed by atoms with Crippen molar-refractivity contribution >= 4 is 34.7 Å². The fourth-order valence-corrected chi connectivity index (χ4v) is 2.09. The third-order valence-electron chi connectivity index (χ3n) is 2.07. The van der Waals surface area contributed by atoms with Gasteiger partial charge in [0.05, 0.1) is 5.69 Å². The van der Waals surface area contributed by atoms with Crippen LogP contribution in [0.4, 0.5) is 5.69 Å². The number of carbonyl (C=O) groups excluding carboxylic acids is 1. The quantitative estimate of drug-likeness (QED) is 0.860. The summed E-state index contributed by atoms with van der Waals surface area (Å²) in [5.74, 6) is -0.560. The predicted molar refractivity (Wildman–Crippen MR) is 65.5 cm³/mol. The van der Waals surface area contributed by atoms with Gasteiger partial charge in [-0.25, -0.2) is 0 Å². The number of anilines is 1. The molecule has 0 saturated heterocycles. The Morgan fingerprint density at radius 1 is 1.31 bits per heavy atom. The van der Waals surface area contributed by atoms with Crippen LogP contribution in [0.3, 0.4) is 0 Å². The van der Waals surface area contributed by atoms with Crippen molar-refractivity contribution in [2.75, 3.05) is 5.73 Å². The molecule has 0 bridgehead atoms. The summed E-state index contributed by atoms with van der Waals surface area (Å²) in [5, 5.41) is 0.632. The van der Waals surface area contributed by atoms with E-state index in [1.165, 1.54) is 0 Å². The highest BCUT2D eigenvalue weighted by Gasteiger charge is 2.15. The Bertz CT molecular complexity index is 535. The summed E-state index contributed by atoms with van der Waals surface area (Å²) < 4.78 is 4.11. The van der Waals surface area contributed by atoms with E-state index < -0.39 is 5.91 Å². The molecule has 0 spiro atoms. The van der Waals surface area contributed by atoms with Crippen molar-refractivity contribution in [2.24, 2.45) is 5.73 Å². The van der Waals surface area contributed by atoms with Crippen LogP contribution in [0.5, 0.6) is 0 Å². The van der Waals surface area contributed by atoms with Crippen molar-refractivity contribution in [2.45, 2.75) is 0 Å². The van der Waals surface area contributed by atoms with Gasteiger partial charge in [0.15, 0.2) is 0 Å². The zero-order chi connectivity index (χ0) is 11.7. The second-order valence-electron chi connectivity index (χ2n) is 3.15. The van der Waals surface area contributed by atoms with Gasteiger partial charge in [-0.3, -0.25) is 4.79 Å². The average molecular weight is 254 g/mol. The Kier molecular flexibility index (Phi) is 2.80. The summed E-state index contributed by atoms with van der Waals surface area (Å²) >= 11 is 6.77. The van der Waals surface area contributed by atoms with Crippen molar-refractivity contribution in [1.82, 2.24) is 4.37 Å². The van der Waals surface area contributed by atoms with E-state index in [0.29, 0.717) is 16.4 Å². The number of nitrogens with two attached hydrogens (primary N) is 2. The SMILES string of the molecule is NC(=O)c1snc(-c2ccc(Cl)cc2)c1N. The Morgan fingerprint density at radius 2 is 1.94 bits per heavy atom. The molecular formula is C10H8ClN3OS. The lowest BCUT2D eigenvalue weighted by molar-refractivity contribution is 0.100. The van der Waals surface area contributed by atoms with Gasteiger partial charge < -0.3 is 11.5 Å². The van der Waals surface area contributed by atoms with Gasteiger partial charge in [-0.1, -0.05) is 23.7 Å².